The first-order valence-electron chi connectivity index (χ1n) is 8.47. The van der Waals surface area contributed by atoms with Crippen LogP contribution >= 0.6 is 34.7 Å². The van der Waals surface area contributed by atoms with E-state index in [0.717, 1.165) is 29.5 Å². The highest BCUT2D eigenvalue weighted by Crippen LogP contribution is 2.36. The predicted molar refractivity (Wildman–Crippen MR) is 108 cm³/mol. The zero-order chi connectivity index (χ0) is 18.3. The number of halogens is 1. The number of aromatic amines is 1. The second-order valence-electron chi connectivity index (χ2n) is 6.62. The second-order valence-corrected chi connectivity index (χ2v) is 9.11. The van der Waals surface area contributed by atoms with E-state index >= 15 is 0 Å². The number of ketones is 1. The standard InChI is InChI=1S/C19H17ClN2O2S2/c1-10-2-7-13-15(8-10)26-18-16(13)17(24)21-19(22-18)25-9-14(23)11-3-5-12(20)6-4-11/h3-6,10H,2,7-9H2,1H3,(H,21,22,24). The summed E-state index contributed by atoms with van der Waals surface area (Å²) in [7, 11) is 0. The summed E-state index contributed by atoms with van der Waals surface area (Å²) in [5.74, 6) is 0.854. The van der Waals surface area contributed by atoms with Gasteiger partial charge >= 0.3 is 0 Å². The molecule has 7 heteroatoms. The Morgan fingerprint density at radius 1 is 1.38 bits per heavy atom. The fraction of sp³-hybridized carbons (Fsp3) is 0.316. The lowest BCUT2D eigenvalue weighted by Crippen LogP contribution is -2.13. The summed E-state index contributed by atoms with van der Waals surface area (Å²) in [6.07, 6.45) is 3.08. The van der Waals surface area contributed by atoms with Gasteiger partial charge in [0.25, 0.3) is 5.56 Å². The molecule has 0 amide bonds. The van der Waals surface area contributed by atoms with Crippen LogP contribution in [0.3, 0.4) is 0 Å². The number of aryl methyl sites for hydroxylation is 1. The molecule has 0 fully saturated rings. The first-order valence-corrected chi connectivity index (χ1v) is 10.7. The molecule has 3 aromatic rings. The third-order valence-corrected chi connectivity index (χ3v) is 6.92. The third kappa shape index (κ3) is 3.46. The van der Waals surface area contributed by atoms with Gasteiger partial charge in [-0.05, 0) is 55.0 Å². The number of Topliss-reactive ketones (excluding diaryl/α,β-unsaturated/α-hetero) is 1. The van der Waals surface area contributed by atoms with Gasteiger partial charge in [-0.2, -0.15) is 0 Å². The average Bonchev–Trinajstić information content (AvgIpc) is 2.98. The summed E-state index contributed by atoms with van der Waals surface area (Å²) in [4.78, 5) is 34.4. The Kier molecular flexibility index (Phi) is 4.90. The van der Waals surface area contributed by atoms with Crippen molar-refractivity contribution in [2.75, 3.05) is 5.75 Å². The molecular formula is C19H17ClN2O2S2. The third-order valence-electron chi connectivity index (χ3n) is 4.65. The highest BCUT2D eigenvalue weighted by atomic mass is 35.5. The van der Waals surface area contributed by atoms with Gasteiger partial charge in [0.05, 0.1) is 11.1 Å². The van der Waals surface area contributed by atoms with Crippen molar-refractivity contribution in [3.05, 3.63) is 55.6 Å². The Balaban J connectivity index is 1.57. The largest absolute Gasteiger partial charge is 0.301 e. The van der Waals surface area contributed by atoms with Crippen LogP contribution in [0.15, 0.2) is 34.2 Å². The van der Waals surface area contributed by atoms with Crippen molar-refractivity contribution in [2.45, 2.75) is 31.3 Å². The fourth-order valence-electron chi connectivity index (χ4n) is 3.25. The molecule has 4 rings (SSSR count). The normalized spacial score (nSPS) is 16.6. The van der Waals surface area contributed by atoms with E-state index in [1.807, 2.05) is 0 Å². The summed E-state index contributed by atoms with van der Waals surface area (Å²) in [5.41, 5.74) is 1.68. The molecule has 0 saturated carbocycles. The number of thioether (sulfide) groups is 1. The maximum Gasteiger partial charge on any atom is 0.260 e. The molecule has 0 saturated heterocycles. The first kappa shape index (κ1) is 17.8. The SMILES string of the molecule is CC1CCc2c(sc3nc(SCC(=O)c4ccc(Cl)cc4)[nH]c(=O)c23)C1. The number of hydrogen-bond donors (Lipinski definition) is 1. The lowest BCUT2D eigenvalue weighted by atomic mass is 9.89. The van der Waals surface area contributed by atoms with E-state index in [1.54, 1.807) is 35.6 Å². The number of hydrogen-bond acceptors (Lipinski definition) is 5. The Hall–Kier alpha value is -1.63. The molecule has 1 atom stereocenters. The van der Waals surface area contributed by atoms with Crippen molar-refractivity contribution in [1.29, 1.82) is 0 Å². The first-order chi connectivity index (χ1) is 12.5. The van der Waals surface area contributed by atoms with Crippen LogP contribution in [0, 0.1) is 5.92 Å². The summed E-state index contributed by atoms with van der Waals surface area (Å²) < 4.78 is 0. The monoisotopic (exact) mass is 404 g/mol. The maximum absolute atomic E-state index is 12.6. The van der Waals surface area contributed by atoms with Crippen LogP contribution in [0.4, 0.5) is 0 Å². The minimum atomic E-state index is -0.0940. The van der Waals surface area contributed by atoms with Gasteiger partial charge in [-0.3, -0.25) is 9.59 Å². The van der Waals surface area contributed by atoms with Gasteiger partial charge < -0.3 is 4.98 Å². The van der Waals surface area contributed by atoms with Gasteiger partial charge in [0, 0.05) is 15.5 Å². The number of fused-ring (bicyclic) bond motifs is 3. The van der Waals surface area contributed by atoms with Crippen LogP contribution in [-0.2, 0) is 12.8 Å². The fourth-order valence-corrected chi connectivity index (χ4v) is 5.57. The van der Waals surface area contributed by atoms with E-state index in [4.69, 9.17) is 11.6 Å². The van der Waals surface area contributed by atoms with Gasteiger partial charge in [-0.1, -0.05) is 30.3 Å². The Labute approximate surface area is 164 Å². The van der Waals surface area contributed by atoms with E-state index in [2.05, 4.69) is 16.9 Å². The van der Waals surface area contributed by atoms with E-state index in [9.17, 15) is 9.59 Å². The van der Waals surface area contributed by atoms with E-state index in [1.165, 1.54) is 22.2 Å². The molecule has 26 heavy (non-hydrogen) atoms. The smallest absolute Gasteiger partial charge is 0.260 e. The van der Waals surface area contributed by atoms with Gasteiger partial charge in [0.2, 0.25) is 0 Å². The summed E-state index contributed by atoms with van der Waals surface area (Å²) in [6.45, 7) is 2.24. The Morgan fingerprint density at radius 3 is 2.92 bits per heavy atom. The molecule has 1 unspecified atom stereocenters. The highest BCUT2D eigenvalue weighted by molar-refractivity contribution is 7.99. The summed E-state index contributed by atoms with van der Waals surface area (Å²) in [6, 6.07) is 6.81. The van der Waals surface area contributed by atoms with Crippen molar-refractivity contribution in [2.24, 2.45) is 5.92 Å². The molecule has 0 bridgehead atoms. The minimum absolute atomic E-state index is 0.0197. The van der Waals surface area contributed by atoms with Crippen LogP contribution in [0.1, 0.15) is 34.1 Å². The average molecular weight is 405 g/mol. The van der Waals surface area contributed by atoms with Gasteiger partial charge in [0.1, 0.15) is 4.83 Å². The van der Waals surface area contributed by atoms with E-state index in [0.29, 0.717) is 21.7 Å². The molecule has 0 aliphatic heterocycles. The maximum atomic E-state index is 12.6. The van der Waals surface area contributed by atoms with Crippen LogP contribution in [0.5, 0.6) is 0 Å². The zero-order valence-corrected chi connectivity index (χ0v) is 16.6. The van der Waals surface area contributed by atoms with Crippen LogP contribution < -0.4 is 5.56 Å². The minimum Gasteiger partial charge on any atom is -0.301 e. The molecule has 1 aromatic carbocycles. The lowest BCUT2D eigenvalue weighted by molar-refractivity contribution is 0.102. The number of aromatic nitrogens is 2. The van der Waals surface area contributed by atoms with Crippen molar-refractivity contribution in [3.63, 3.8) is 0 Å². The zero-order valence-electron chi connectivity index (χ0n) is 14.2. The van der Waals surface area contributed by atoms with Crippen LogP contribution in [-0.4, -0.2) is 21.5 Å². The number of rotatable bonds is 4. The van der Waals surface area contributed by atoms with Crippen molar-refractivity contribution in [1.82, 2.24) is 9.97 Å². The van der Waals surface area contributed by atoms with Crippen LogP contribution in [0.25, 0.3) is 10.2 Å². The summed E-state index contributed by atoms with van der Waals surface area (Å²) in [5, 5.41) is 1.84. The molecule has 1 N–H and O–H groups in total. The number of benzene rings is 1. The van der Waals surface area contributed by atoms with Crippen LogP contribution in [0.2, 0.25) is 5.02 Å². The summed E-state index contributed by atoms with van der Waals surface area (Å²) >= 11 is 8.73. The highest BCUT2D eigenvalue weighted by Gasteiger charge is 2.23. The van der Waals surface area contributed by atoms with E-state index in [-0.39, 0.29) is 17.1 Å². The molecule has 1 aliphatic rings. The molecule has 1 aliphatic carbocycles. The number of nitrogens with zero attached hydrogens (tertiary/aromatic N) is 1. The van der Waals surface area contributed by atoms with Crippen molar-refractivity contribution in [3.8, 4) is 0 Å². The molecular weight excluding hydrogens is 388 g/mol. The second kappa shape index (κ2) is 7.18. The number of nitrogens with one attached hydrogen (secondary N) is 1. The molecule has 0 spiro atoms. The van der Waals surface area contributed by atoms with Gasteiger partial charge in [-0.25, -0.2) is 4.98 Å². The Morgan fingerprint density at radius 2 is 2.15 bits per heavy atom. The number of thiophene rings is 1. The van der Waals surface area contributed by atoms with Gasteiger partial charge in [-0.15, -0.1) is 11.3 Å². The number of H-pyrrole nitrogens is 1. The van der Waals surface area contributed by atoms with Crippen molar-refractivity contribution < 1.29 is 4.79 Å². The van der Waals surface area contributed by atoms with E-state index < -0.39 is 0 Å². The molecule has 4 nitrogen and oxygen atoms in total. The predicted octanol–water partition coefficient (Wildman–Crippen LogP) is 4.74. The molecule has 0 radical (unpaired) electrons. The number of carbonyl (C=O) groups is 1. The van der Waals surface area contributed by atoms with Crippen molar-refractivity contribution >= 4 is 50.7 Å². The molecule has 2 heterocycles. The molecule has 2 aromatic heterocycles. The number of carbonyl (C=O) groups excluding carboxylic acids is 1. The van der Waals surface area contributed by atoms with Gasteiger partial charge in [0.15, 0.2) is 10.9 Å². The lowest BCUT2D eigenvalue weighted by Gasteiger charge is -2.17. The molecule has 134 valence electrons. The quantitative estimate of drug-likeness (QED) is 0.387. The Bertz CT molecular complexity index is 1040. The topological polar surface area (TPSA) is 62.8 Å².